The molecule has 0 amide bonds. The van der Waals surface area contributed by atoms with E-state index in [1.54, 1.807) is 0 Å². The van der Waals surface area contributed by atoms with Gasteiger partial charge in [-0.2, -0.15) is 0 Å². The Morgan fingerprint density at radius 3 is 2.29 bits per heavy atom. The normalized spacial score (nSPS) is 11.7. The Morgan fingerprint density at radius 1 is 0.857 bits per heavy atom. The Balaban J connectivity index is 2.06. The fraction of sp³-hybridized carbons (Fsp3) is 0.333. The quantitative estimate of drug-likeness (QED) is 0.697. The molecule has 3 nitrogen and oxygen atoms in total. The van der Waals surface area contributed by atoms with E-state index < -0.39 is 0 Å². The lowest BCUT2D eigenvalue weighted by molar-refractivity contribution is 0.776. The molecule has 0 saturated heterocycles. The zero-order chi connectivity index (χ0) is 15.0. The smallest absolute Gasteiger partial charge is 0.0857 e. The van der Waals surface area contributed by atoms with Crippen LogP contribution in [-0.2, 0) is 0 Å². The summed E-state index contributed by atoms with van der Waals surface area (Å²) in [5, 5.41) is 11.0. The molecule has 3 rings (SSSR count). The molecule has 0 spiro atoms. The fourth-order valence-electron chi connectivity index (χ4n) is 2.42. The van der Waals surface area contributed by atoms with E-state index in [9.17, 15) is 0 Å². The predicted molar refractivity (Wildman–Crippen MR) is 87.0 cm³/mol. The lowest BCUT2D eigenvalue weighted by atomic mass is 9.99. The summed E-state index contributed by atoms with van der Waals surface area (Å²) >= 11 is 0. The van der Waals surface area contributed by atoms with Crippen LogP contribution in [0.4, 0.5) is 0 Å². The average Bonchev–Trinajstić information content (AvgIpc) is 2.96. The summed E-state index contributed by atoms with van der Waals surface area (Å²) in [5.41, 5.74) is 3.44. The maximum absolute atomic E-state index is 4.24. The van der Waals surface area contributed by atoms with Gasteiger partial charge in [-0.1, -0.05) is 57.2 Å². The lowest BCUT2D eigenvalue weighted by Gasteiger charge is -2.08. The first kappa shape index (κ1) is 13.8. The summed E-state index contributed by atoms with van der Waals surface area (Å²) in [4.78, 5) is 0. The molecule has 0 aliphatic rings. The minimum absolute atomic E-state index is 0.395. The fourth-order valence-corrected chi connectivity index (χ4v) is 2.42. The summed E-state index contributed by atoms with van der Waals surface area (Å²) in [6.45, 7) is 8.70. The van der Waals surface area contributed by atoms with Crippen molar-refractivity contribution in [2.75, 3.05) is 0 Å². The highest BCUT2D eigenvalue weighted by Crippen LogP contribution is 2.24. The second-order valence-electron chi connectivity index (χ2n) is 6.19. The first-order valence-electron chi connectivity index (χ1n) is 7.51. The van der Waals surface area contributed by atoms with Gasteiger partial charge in [0.05, 0.1) is 17.6 Å². The molecule has 3 heteroatoms. The molecule has 0 fully saturated rings. The van der Waals surface area contributed by atoms with Crippen molar-refractivity contribution in [3.63, 3.8) is 0 Å². The molecule has 0 aliphatic carbocycles. The summed E-state index contributed by atoms with van der Waals surface area (Å²) in [5.74, 6) is 0.934. The van der Waals surface area contributed by atoms with Crippen LogP contribution in [0.25, 0.3) is 16.5 Å². The van der Waals surface area contributed by atoms with E-state index in [4.69, 9.17) is 0 Å². The molecule has 0 bridgehead atoms. The van der Waals surface area contributed by atoms with Crippen LogP contribution in [0.2, 0.25) is 0 Å². The molecule has 3 aromatic rings. The van der Waals surface area contributed by atoms with Crippen molar-refractivity contribution in [1.82, 2.24) is 15.0 Å². The van der Waals surface area contributed by atoms with Gasteiger partial charge in [0.15, 0.2) is 0 Å². The molecular formula is C18H21N3. The van der Waals surface area contributed by atoms with E-state index in [1.807, 2.05) is 10.9 Å². The Bertz CT molecular complexity index is 769. The third kappa shape index (κ3) is 2.68. The van der Waals surface area contributed by atoms with Crippen LogP contribution in [-0.4, -0.2) is 15.0 Å². The van der Waals surface area contributed by atoms with Crippen LogP contribution >= 0.6 is 0 Å². The van der Waals surface area contributed by atoms with Gasteiger partial charge < -0.3 is 0 Å². The first-order chi connectivity index (χ1) is 10.0. The number of benzene rings is 2. The van der Waals surface area contributed by atoms with Crippen LogP contribution in [0.5, 0.6) is 0 Å². The maximum atomic E-state index is 4.24. The largest absolute Gasteiger partial charge is 0.220 e. The highest BCUT2D eigenvalue weighted by atomic mass is 15.4. The van der Waals surface area contributed by atoms with E-state index in [1.165, 1.54) is 16.3 Å². The summed E-state index contributed by atoms with van der Waals surface area (Å²) < 4.78 is 1.86. The van der Waals surface area contributed by atoms with Crippen molar-refractivity contribution in [3.05, 3.63) is 53.9 Å². The highest BCUT2D eigenvalue weighted by molar-refractivity contribution is 5.85. The molecule has 0 aliphatic heterocycles. The number of nitrogens with zero attached hydrogens (tertiary/aromatic N) is 3. The SMILES string of the molecule is CC(C)c1ccc2ccc(-n3cc(C(C)C)nn3)cc2c1. The molecule has 2 aromatic carbocycles. The number of hydrogen-bond donors (Lipinski definition) is 0. The zero-order valence-electron chi connectivity index (χ0n) is 13.0. The van der Waals surface area contributed by atoms with Crippen LogP contribution in [0.15, 0.2) is 42.6 Å². The van der Waals surface area contributed by atoms with Crippen molar-refractivity contribution in [3.8, 4) is 5.69 Å². The Morgan fingerprint density at radius 2 is 1.62 bits per heavy atom. The molecule has 1 heterocycles. The van der Waals surface area contributed by atoms with Gasteiger partial charge in [0, 0.05) is 0 Å². The molecule has 0 atom stereocenters. The minimum Gasteiger partial charge on any atom is -0.220 e. The van der Waals surface area contributed by atoms with E-state index >= 15 is 0 Å². The molecule has 21 heavy (non-hydrogen) atoms. The molecule has 0 unspecified atom stereocenters. The Hall–Kier alpha value is -2.16. The standard InChI is InChI=1S/C18H21N3/c1-12(2)15-6-5-14-7-8-17(10-16(14)9-15)21-11-18(13(3)4)19-20-21/h5-13H,1-4H3. The van der Waals surface area contributed by atoms with Gasteiger partial charge in [-0.05, 0) is 40.3 Å². The zero-order valence-corrected chi connectivity index (χ0v) is 13.0. The van der Waals surface area contributed by atoms with Gasteiger partial charge in [-0.15, -0.1) is 5.10 Å². The summed E-state index contributed by atoms with van der Waals surface area (Å²) in [7, 11) is 0. The van der Waals surface area contributed by atoms with Crippen molar-refractivity contribution < 1.29 is 0 Å². The van der Waals surface area contributed by atoms with E-state index in [0.29, 0.717) is 11.8 Å². The van der Waals surface area contributed by atoms with Gasteiger partial charge in [-0.25, -0.2) is 4.68 Å². The molecular weight excluding hydrogens is 258 g/mol. The van der Waals surface area contributed by atoms with Crippen LogP contribution in [0.3, 0.4) is 0 Å². The Labute approximate surface area is 125 Å². The average molecular weight is 279 g/mol. The van der Waals surface area contributed by atoms with Crippen LogP contribution < -0.4 is 0 Å². The summed E-state index contributed by atoms with van der Waals surface area (Å²) in [6.07, 6.45) is 2.01. The van der Waals surface area contributed by atoms with Crippen molar-refractivity contribution in [2.45, 2.75) is 39.5 Å². The van der Waals surface area contributed by atoms with Gasteiger partial charge in [-0.3, -0.25) is 0 Å². The number of rotatable bonds is 3. The van der Waals surface area contributed by atoms with Crippen molar-refractivity contribution in [1.29, 1.82) is 0 Å². The molecule has 0 saturated carbocycles. The topological polar surface area (TPSA) is 30.7 Å². The van der Waals surface area contributed by atoms with E-state index in [0.717, 1.165) is 11.4 Å². The second kappa shape index (κ2) is 5.32. The molecule has 0 N–H and O–H groups in total. The monoisotopic (exact) mass is 279 g/mol. The van der Waals surface area contributed by atoms with Gasteiger partial charge >= 0.3 is 0 Å². The summed E-state index contributed by atoms with van der Waals surface area (Å²) in [6, 6.07) is 13.1. The number of fused-ring (bicyclic) bond motifs is 1. The van der Waals surface area contributed by atoms with Crippen LogP contribution in [0.1, 0.15) is 50.8 Å². The van der Waals surface area contributed by atoms with Crippen molar-refractivity contribution >= 4 is 10.8 Å². The number of hydrogen-bond acceptors (Lipinski definition) is 2. The highest BCUT2D eigenvalue weighted by Gasteiger charge is 2.07. The van der Waals surface area contributed by atoms with Gasteiger partial charge in [0.25, 0.3) is 0 Å². The minimum atomic E-state index is 0.395. The van der Waals surface area contributed by atoms with Gasteiger partial charge in [0.2, 0.25) is 0 Å². The second-order valence-corrected chi connectivity index (χ2v) is 6.19. The third-order valence-corrected chi connectivity index (χ3v) is 3.88. The van der Waals surface area contributed by atoms with Crippen LogP contribution in [0, 0.1) is 0 Å². The third-order valence-electron chi connectivity index (χ3n) is 3.88. The molecule has 1 aromatic heterocycles. The van der Waals surface area contributed by atoms with Gasteiger partial charge in [0.1, 0.15) is 0 Å². The molecule has 108 valence electrons. The molecule has 0 radical (unpaired) electrons. The number of aromatic nitrogens is 3. The van der Waals surface area contributed by atoms with Crippen molar-refractivity contribution in [2.24, 2.45) is 0 Å². The Kier molecular flexibility index (Phi) is 3.50. The predicted octanol–water partition coefficient (Wildman–Crippen LogP) is 4.67. The van der Waals surface area contributed by atoms with E-state index in [2.05, 4.69) is 74.4 Å². The maximum Gasteiger partial charge on any atom is 0.0857 e. The first-order valence-corrected chi connectivity index (χ1v) is 7.51. The van der Waals surface area contributed by atoms with E-state index in [-0.39, 0.29) is 0 Å². The lowest BCUT2D eigenvalue weighted by Crippen LogP contribution is -1.95.